The minimum absolute atomic E-state index is 0.0104. The second-order valence-corrected chi connectivity index (χ2v) is 15.4. The van der Waals surface area contributed by atoms with E-state index < -0.39 is 28.2 Å². The number of amides is 3. The molecule has 1 aromatic carbocycles. The Bertz CT molecular complexity index is 1100. The van der Waals surface area contributed by atoms with Crippen molar-refractivity contribution in [1.82, 2.24) is 10.2 Å². The molecule has 1 aromatic rings. The molecule has 3 heterocycles. The lowest BCUT2D eigenvalue weighted by molar-refractivity contribution is -0.139. The van der Waals surface area contributed by atoms with Crippen molar-refractivity contribution in [2.75, 3.05) is 25.1 Å². The standard InChI is InChI=1S/C32H49N3O5S/c1-7-40-22-14-12-21(13-15-22)33-27(37)24-23-16-17-32(41-23)25(24)29(39)35(18-10-8-9-11-19-36)26(32)28(38)34-31(5,6)20-30(2,3)4/h12-15,23-26,36H,7-11,16-20H2,1-6H3,(H,33,37)(H,34,38)/t23-,24+,25-,26?,32?/m0/s1. The molecule has 3 amide bonds. The highest BCUT2D eigenvalue weighted by molar-refractivity contribution is 8.02. The van der Waals surface area contributed by atoms with Crippen molar-refractivity contribution < 1.29 is 24.2 Å². The maximum atomic E-state index is 14.2. The molecule has 0 aromatic heterocycles. The summed E-state index contributed by atoms with van der Waals surface area (Å²) >= 11 is 1.70. The fourth-order valence-corrected chi connectivity index (χ4v) is 9.76. The van der Waals surface area contributed by atoms with E-state index in [1.165, 1.54) is 0 Å². The summed E-state index contributed by atoms with van der Waals surface area (Å²) in [4.78, 5) is 43.9. The van der Waals surface area contributed by atoms with Crippen LogP contribution in [0.15, 0.2) is 24.3 Å². The van der Waals surface area contributed by atoms with Gasteiger partial charge in [0.1, 0.15) is 11.8 Å². The lowest BCUT2D eigenvalue weighted by Crippen LogP contribution is -2.58. The first-order valence-corrected chi connectivity index (χ1v) is 16.1. The van der Waals surface area contributed by atoms with Gasteiger partial charge in [-0.1, -0.05) is 33.6 Å². The average Bonchev–Trinajstić information content (AvgIpc) is 3.51. The first-order chi connectivity index (χ1) is 19.3. The Morgan fingerprint density at radius 2 is 1.76 bits per heavy atom. The van der Waals surface area contributed by atoms with Gasteiger partial charge in [0.25, 0.3) is 0 Å². The lowest BCUT2D eigenvalue weighted by Gasteiger charge is -2.39. The van der Waals surface area contributed by atoms with E-state index in [0.29, 0.717) is 18.8 Å². The average molecular weight is 588 g/mol. The van der Waals surface area contributed by atoms with E-state index >= 15 is 0 Å². The van der Waals surface area contributed by atoms with Gasteiger partial charge in [-0.3, -0.25) is 14.4 Å². The number of likely N-dealkylation sites (tertiary alicyclic amines) is 1. The fraction of sp³-hybridized carbons (Fsp3) is 0.719. The summed E-state index contributed by atoms with van der Waals surface area (Å²) in [5.41, 5.74) is 0.260. The van der Waals surface area contributed by atoms with Crippen LogP contribution in [0.4, 0.5) is 5.69 Å². The van der Waals surface area contributed by atoms with E-state index in [0.717, 1.165) is 50.7 Å². The van der Waals surface area contributed by atoms with Gasteiger partial charge in [0.2, 0.25) is 17.7 Å². The largest absolute Gasteiger partial charge is 0.494 e. The molecular formula is C32H49N3O5S. The third-order valence-electron chi connectivity index (χ3n) is 8.53. The van der Waals surface area contributed by atoms with E-state index in [-0.39, 0.29) is 35.0 Å². The zero-order valence-corrected chi connectivity index (χ0v) is 26.4. The highest BCUT2D eigenvalue weighted by Gasteiger charge is 2.73. The second-order valence-electron chi connectivity index (χ2n) is 13.8. The number of aliphatic hydroxyl groups excluding tert-OH is 1. The summed E-state index contributed by atoms with van der Waals surface area (Å²) in [7, 11) is 0. The molecule has 2 unspecified atom stereocenters. The van der Waals surface area contributed by atoms with Crippen LogP contribution in [0.3, 0.4) is 0 Å². The molecule has 3 saturated heterocycles. The molecule has 9 heteroatoms. The van der Waals surface area contributed by atoms with Crippen molar-refractivity contribution in [3.8, 4) is 5.75 Å². The molecule has 0 radical (unpaired) electrons. The van der Waals surface area contributed by atoms with Gasteiger partial charge in [0, 0.05) is 29.6 Å². The summed E-state index contributed by atoms with van der Waals surface area (Å²) < 4.78 is 4.92. The van der Waals surface area contributed by atoms with Gasteiger partial charge in [0.15, 0.2) is 0 Å². The van der Waals surface area contributed by atoms with Gasteiger partial charge in [-0.25, -0.2) is 0 Å². The van der Waals surface area contributed by atoms with E-state index in [1.807, 2.05) is 45.0 Å². The Balaban J connectivity index is 1.58. The Hall–Kier alpha value is -2.26. The zero-order chi connectivity index (χ0) is 30.0. The van der Waals surface area contributed by atoms with Crippen LogP contribution in [0.1, 0.15) is 86.5 Å². The Kier molecular flexibility index (Phi) is 9.69. The van der Waals surface area contributed by atoms with E-state index in [1.54, 1.807) is 16.7 Å². The number of ether oxygens (including phenoxy) is 1. The van der Waals surface area contributed by atoms with Crippen LogP contribution in [0.25, 0.3) is 0 Å². The van der Waals surface area contributed by atoms with Gasteiger partial charge in [-0.05, 0) is 82.6 Å². The van der Waals surface area contributed by atoms with Crippen molar-refractivity contribution >= 4 is 35.2 Å². The number of anilines is 1. The van der Waals surface area contributed by atoms with Crippen molar-refractivity contribution in [3.63, 3.8) is 0 Å². The van der Waals surface area contributed by atoms with Crippen molar-refractivity contribution in [3.05, 3.63) is 24.3 Å². The number of fused-ring (bicyclic) bond motifs is 1. The Morgan fingerprint density at radius 1 is 1.07 bits per heavy atom. The predicted molar refractivity (Wildman–Crippen MR) is 164 cm³/mol. The van der Waals surface area contributed by atoms with Gasteiger partial charge in [-0.2, -0.15) is 0 Å². The van der Waals surface area contributed by atoms with Crippen LogP contribution in [-0.2, 0) is 14.4 Å². The maximum absolute atomic E-state index is 14.2. The molecule has 8 nitrogen and oxygen atoms in total. The first kappa shape index (κ1) is 31.7. The van der Waals surface area contributed by atoms with Gasteiger partial charge < -0.3 is 25.4 Å². The molecule has 3 N–H and O–H groups in total. The van der Waals surface area contributed by atoms with Crippen molar-refractivity contribution in [1.29, 1.82) is 0 Å². The highest BCUT2D eigenvalue weighted by atomic mass is 32.2. The SMILES string of the molecule is CCOc1ccc(NC(=O)[C@@H]2[C@@H]3CCC4(S3)C(C(=O)NC(C)(C)CC(C)(C)C)N(CCCCCCO)C(=O)[C@H]24)cc1. The topological polar surface area (TPSA) is 108 Å². The number of nitrogens with one attached hydrogen (secondary N) is 2. The molecule has 2 bridgehead atoms. The van der Waals surface area contributed by atoms with Crippen molar-refractivity contribution in [2.45, 2.75) is 108 Å². The van der Waals surface area contributed by atoms with E-state index in [9.17, 15) is 14.4 Å². The molecule has 228 valence electrons. The van der Waals surface area contributed by atoms with Gasteiger partial charge in [0.05, 0.1) is 23.2 Å². The van der Waals surface area contributed by atoms with Gasteiger partial charge >= 0.3 is 0 Å². The van der Waals surface area contributed by atoms with Crippen LogP contribution < -0.4 is 15.4 Å². The number of carbonyl (C=O) groups excluding carboxylic acids is 3. The molecule has 3 aliphatic rings. The van der Waals surface area contributed by atoms with Crippen LogP contribution in [0.5, 0.6) is 5.75 Å². The fourth-order valence-electron chi connectivity index (χ4n) is 7.54. The molecule has 41 heavy (non-hydrogen) atoms. The number of thioether (sulfide) groups is 1. The number of aliphatic hydroxyl groups is 1. The third kappa shape index (κ3) is 6.87. The minimum Gasteiger partial charge on any atom is -0.494 e. The first-order valence-electron chi connectivity index (χ1n) is 15.3. The predicted octanol–water partition coefficient (Wildman–Crippen LogP) is 5.00. The summed E-state index contributed by atoms with van der Waals surface area (Å²) in [6.45, 7) is 13.7. The number of unbranched alkanes of at least 4 members (excludes halogenated alkanes) is 3. The van der Waals surface area contributed by atoms with Crippen LogP contribution in [-0.4, -0.2) is 69.1 Å². The third-order valence-corrected chi connectivity index (χ3v) is 10.5. The number of nitrogens with zero attached hydrogens (tertiary/aromatic N) is 1. The van der Waals surface area contributed by atoms with E-state index in [4.69, 9.17) is 9.84 Å². The smallest absolute Gasteiger partial charge is 0.244 e. The van der Waals surface area contributed by atoms with Crippen LogP contribution in [0.2, 0.25) is 0 Å². The quantitative estimate of drug-likeness (QED) is 0.281. The molecule has 5 atom stereocenters. The summed E-state index contributed by atoms with van der Waals surface area (Å²) in [6, 6.07) is 6.70. The van der Waals surface area contributed by atoms with E-state index in [2.05, 4.69) is 31.4 Å². The molecular weight excluding hydrogens is 538 g/mol. The minimum atomic E-state index is -0.602. The van der Waals surface area contributed by atoms with Crippen LogP contribution >= 0.6 is 11.8 Å². The summed E-state index contributed by atoms with van der Waals surface area (Å²) in [5.74, 6) is -0.584. The maximum Gasteiger partial charge on any atom is 0.244 e. The van der Waals surface area contributed by atoms with Gasteiger partial charge in [-0.15, -0.1) is 11.8 Å². The molecule has 3 aliphatic heterocycles. The number of benzene rings is 1. The molecule has 1 spiro atoms. The summed E-state index contributed by atoms with van der Waals surface area (Å²) in [5, 5.41) is 15.5. The highest BCUT2D eigenvalue weighted by Crippen LogP contribution is 2.66. The zero-order valence-electron chi connectivity index (χ0n) is 25.6. The second kappa shape index (κ2) is 12.5. The molecule has 0 aliphatic carbocycles. The number of carbonyl (C=O) groups is 3. The lowest BCUT2D eigenvalue weighted by atomic mass is 9.70. The number of hydrogen-bond acceptors (Lipinski definition) is 6. The Labute approximate surface area is 249 Å². The summed E-state index contributed by atoms with van der Waals surface area (Å²) in [6.07, 6.45) is 5.62. The number of rotatable bonds is 13. The normalized spacial score (nSPS) is 27.2. The van der Waals surface area contributed by atoms with Crippen LogP contribution in [0, 0.1) is 17.3 Å². The molecule has 3 fully saturated rings. The molecule has 0 saturated carbocycles. The Morgan fingerprint density at radius 3 is 2.39 bits per heavy atom. The monoisotopic (exact) mass is 587 g/mol. The molecule has 4 rings (SSSR count). The number of hydrogen-bond donors (Lipinski definition) is 3. The van der Waals surface area contributed by atoms with Crippen molar-refractivity contribution in [2.24, 2.45) is 17.3 Å².